The number of likely N-dealkylation sites (tertiary alicyclic amines) is 1. The lowest BCUT2D eigenvalue weighted by molar-refractivity contribution is -0.157. The minimum absolute atomic E-state index is 0.367. The van der Waals surface area contributed by atoms with Crippen molar-refractivity contribution in [1.82, 2.24) is 4.90 Å². The average Bonchev–Trinajstić information content (AvgIpc) is 2.14. The van der Waals surface area contributed by atoms with Crippen molar-refractivity contribution in [3.05, 3.63) is 12.2 Å². The number of β-lactam (4-membered cyclic amide) rings is 1. The molecule has 0 aromatic rings. The molecule has 3 N–H and O–H groups in total. The van der Waals surface area contributed by atoms with Crippen molar-refractivity contribution in [2.75, 3.05) is 0 Å². The summed E-state index contributed by atoms with van der Waals surface area (Å²) in [7, 11) is 0. The number of rotatable bonds is 2. The number of nitrogens with two attached hydrogens (primary N) is 1. The number of carbonyl (C=O) groups excluding carboxylic acids is 2. The molecule has 0 aliphatic carbocycles. The molecule has 0 saturated carbocycles. The van der Waals surface area contributed by atoms with Crippen LogP contribution in [0.15, 0.2) is 12.2 Å². The van der Waals surface area contributed by atoms with Crippen LogP contribution in [-0.4, -0.2) is 39.9 Å². The van der Waals surface area contributed by atoms with Crippen LogP contribution in [0.5, 0.6) is 0 Å². The Labute approximate surface area is 80.0 Å². The maximum atomic E-state index is 11.2. The van der Waals surface area contributed by atoms with Crippen LogP contribution in [0.25, 0.3) is 0 Å². The van der Waals surface area contributed by atoms with Gasteiger partial charge in [0.1, 0.15) is 6.04 Å². The van der Waals surface area contributed by atoms with Crippen LogP contribution in [0.1, 0.15) is 6.92 Å². The second-order valence-corrected chi connectivity index (χ2v) is 2.98. The predicted molar refractivity (Wildman–Crippen MR) is 46.1 cm³/mol. The van der Waals surface area contributed by atoms with Crippen molar-refractivity contribution in [1.29, 1.82) is 0 Å². The van der Waals surface area contributed by atoms with Gasteiger partial charge in [0, 0.05) is 12.2 Å². The third-order valence-electron chi connectivity index (χ3n) is 2.06. The quantitative estimate of drug-likeness (QED) is 0.424. The van der Waals surface area contributed by atoms with Crippen molar-refractivity contribution < 1.29 is 19.5 Å². The lowest BCUT2D eigenvalue weighted by Gasteiger charge is -2.40. The van der Waals surface area contributed by atoms with Gasteiger partial charge < -0.3 is 10.8 Å². The van der Waals surface area contributed by atoms with Crippen LogP contribution < -0.4 is 5.73 Å². The van der Waals surface area contributed by atoms with Crippen LogP contribution in [0.4, 0.5) is 0 Å². The highest BCUT2D eigenvalue weighted by atomic mass is 16.4. The highest BCUT2D eigenvalue weighted by Gasteiger charge is 2.44. The minimum Gasteiger partial charge on any atom is -0.478 e. The van der Waals surface area contributed by atoms with E-state index in [4.69, 9.17) is 10.8 Å². The summed E-state index contributed by atoms with van der Waals surface area (Å²) in [4.78, 5) is 33.3. The molecule has 1 rings (SSSR count). The average molecular weight is 198 g/mol. The van der Waals surface area contributed by atoms with Gasteiger partial charge in [-0.3, -0.25) is 14.5 Å². The lowest BCUT2D eigenvalue weighted by atomic mass is 9.98. The number of carbonyl (C=O) groups is 3. The van der Waals surface area contributed by atoms with Gasteiger partial charge in [-0.15, -0.1) is 0 Å². The molecule has 1 unspecified atom stereocenters. The zero-order valence-electron chi connectivity index (χ0n) is 7.51. The predicted octanol–water partition coefficient (Wildman–Crippen LogP) is -1.29. The first kappa shape index (κ1) is 10.4. The summed E-state index contributed by atoms with van der Waals surface area (Å²) >= 11 is 0. The fraction of sp³-hybridized carbons (Fsp3) is 0.375. The fourth-order valence-electron chi connectivity index (χ4n) is 1.18. The molecule has 0 spiro atoms. The Morgan fingerprint density at radius 2 is 2.07 bits per heavy atom. The number of amides is 2. The van der Waals surface area contributed by atoms with E-state index < -0.39 is 23.8 Å². The Bertz CT molecular complexity index is 323. The smallest absolute Gasteiger partial charge is 0.328 e. The first-order valence-corrected chi connectivity index (χ1v) is 3.98. The summed E-state index contributed by atoms with van der Waals surface area (Å²) in [6.45, 7) is 1.62. The van der Waals surface area contributed by atoms with Gasteiger partial charge in [-0.25, -0.2) is 4.79 Å². The standard InChI is InChI=1S/C8H10N2O4/c1-4-7(9)8(14)10(4)5(11)2-3-6(12)13/h2-4,7H,9H2,1H3,(H,12,13)/b3-2+/t4?,7-/m0/s1. The summed E-state index contributed by atoms with van der Waals surface area (Å²) in [5, 5.41) is 8.25. The highest BCUT2D eigenvalue weighted by molar-refractivity contribution is 6.08. The van der Waals surface area contributed by atoms with Crippen LogP contribution in [0.3, 0.4) is 0 Å². The van der Waals surface area contributed by atoms with Crippen molar-refractivity contribution in [3.8, 4) is 0 Å². The molecule has 2 amide bonds. The number of hydrogen-bond donors (Lipinski definition) is 2. The van der Waals surface area contributed by atoms with Crippen LogP contribution in [-0.2, 0) is 14.4 Å². The van der Waals surface area contributed by atoms with E-state index in [2.05, 4.69) is 0 Å². The summed E-state index contributed by atoms with van der Waals surface area (Å²) < 4.78 is 0. The fourth-order valence-corrected chi connectivity index (χ4v) is 1.18. The largest absolute Gasteiger partial charge is 0.478 e. The van der Waals surface area contributed by atoms with Gasteiger partial charge in [-0.2, -0.15) is 0 Å². The first-order chi connectivity index (χ1) is 6.45. The van der Waals surface area contributed by atoms with Crippen molar-refractivity contribution in [3.63, 3.8) is 0 Å². The van der Waals surface area contributed by atoms with Gasteiger partial charge in [0.25, 0.3) is 5.91 Å². The molecule has 76 valence electrons. The number of imide groups is 1. The van der Waals surface area contributed by atoms with Crippen molar-refractivity contribution >= 4 is 17.8 Å². The van der Waals surface area contributed by atoms with E-state index in [0.29, 0.717) is 6.08 Å². The van der Waals surface area contributed by atoms with Gasteiger partial charge in [-0.05, 0) is 6.92 Å². The van der Waals surface area contributed by atoms with Gasteiger partial charge in [0.15, 0.2) is 0 Å². The van der Waals surface area contributed by atoms with E-state index in [1.165, 1.54) is 0 Å². The molecule has 1 heterocycles. The minimum atomic E-state index is -1.23. The molecule has 6 heteroatoms. The maximum absolute atomic E-state index is 11.2. The third kappa shape index (κ3) is 1.64. The molecule has 14 heavy (non-hydrogen) atoms. The maximum Gasteiger partial charge on any atom is 0.328 e. The van der Waals surface area contributed by atoms with E-state index in [1.807, 2.05) is 0 Å². The zero-order valence-corrected chi connectivity index (χ0v) is 7.51. The molecule has 1 aliphatic heterocycles. The highest BCUT2D eigenvalue weighted by Crippen LogP contribution is 2.17. The topological polar surface area (TPSA) is 101 Å². The molecule has 1 fully saturated rings. The molecule has 1 saturated heterocycles. The van der Waals surface area contributed by atoms with Gasteiger partial charge >= 0.3 is 5.97 Å². The molecule has 0 radical (unpaired) electrons. The molecule has 2 atom stereocenters. The number of carboxylic acid groups (broad SMARTS) is 1. The molecular weight excluding hydrogens is 188 g/mol. The van der Waals surface area contributed by atoms with E-state index in [-0.39, 0.29) is 6.04 Å². The molecule has 1 aliphatic rings. The van der Waals surface area contributed by atoms with E-state index in [1.54, 1.807) is 6.92 Å². The molecule has 0 bridgehead atoms. The summed E-state index contributed by atoms with van der Waals surface area (Å²) in [5.74, 6) is -2.35. The Morgan fingerprint density at radius 3 is 2.50 bits per heavy atom. The van der Waals surface area contributed by atoms with Crippen LogP contribution >= 0.6 is 0 Å². The third-order valence-corrected chi connectivity index (χ3v) is 2.06. The van der Waals surface area contributed by atoms with Crippen molar-refractivity contribution in [2.45, 2.75) is 19.0 Å². The second-order valence-electron chi connectivity index (χ2n) is 2.98. The number of hydrogen-bond acceptors (Lipinski definition) is 4. The monoisotopic (exact) mass is 198 g/mol. The molecule has 0 aromatic carbocycles. The van der Waals surface area contributed by atoms with Crippen LogP contribution in [0, 0.1) is 0 Å². The number of nitrogens with zero attached hydrogens (tertiary/aromatic N) is 1. The Morgan fingerprint density at radius 1 is 1.50 bits per heavy atom. The van der Waals surface area contributed by atoms with E-state index in [0.717, 1.165) is 11.0 Å². The van der Waals surface area contributed by atoms with Gasteiger partial charge in [-0.1, -0.05) is 0 Å². The zero-order chi connectivity index (χ0) is 10.9. The summed E-state index contributed by atoms with van der Waals surface area (Å²) in [6.07, 6.45) is 1.52. The Hall–Kier alpha value is -1.69. The Balaban J connectivity index is 2.64. The van der Waals surface area contributed by atoms with Crippen molar-refractivity contribution in [2.24, 2.45) is 5.73 Å². The SMILES string of the molecule is CC1[C@H](N)C(=O)N1C(=O)/C=C/C(=O)O. The van der Waals surface area contributed by atoms with Gasteiger partial charge in [0.05, 0.1) is 6.04 Å². The second kappa shape index (κ2) is 3.59. The lowest BCUT2D eigenvalue weighted by Crippen LogP contribution is -2.68. The van der Waals surface area contributed by atoms with E-state index >= 15 is 0 Å². The van der Waals surface area contributed by atoms with Gasteiger partial charge in [0.2, 0.25) is 5.91 Å². The van der Waals surface area contributed by atoms with E-state index in [9.17, 15) is 14.4 Å². The molecular formula is C8H10N2O4. The molecule has 0 aromatic heterocycles. The number of aliphatic carboxylic acids is 1. The Kier molecular flexibility index (Phi) is 2.66. The molecule has 6 nitrogen and oxygen atoms in total. The first-order valence-electron chi connectivity index (χ1n) is 3.98. The number of carboxylic acids is 1. The normalized spacial score (nSPS) is 26.4. The summed E-state index contributed by atoms with van der Waals surface area (Å²) in [5.41, 5.74) is 5.37. The van der Waals surface area contributed by atoms with Crippen LogP contribution in [0.2, 0.25) is 0 Å². The summed E-state index contributed by atoms with van der Waals surface area (Å²) in [6, 6.07) is -1.02.